The minimum Gasteiger partial charge on any atom is -0.467 e. The third-order valence-electron chi connectivity index (χ3n) is 3.82. The number of nitrogens with zero attached hydrogens (tertiary/aromatic N) is 2. The van der Waals surface area contributed by atoms with Gasteiger partial charge in [0.15, 0.2) is 6.04 Å². The number of imidazole rings is 1. The maximum atomic E-state index is 12.3. The van der Waals surface area contributed by atoms with Gasteiger partial charge in [-0.05, 0) is 0 Å². The van der Waals surface area contributed by atoms with E-state index in [1.54, 1.807) is 12.5 Å². The molecule has 3 aromatic rings. The van der Waals surface area contributed by atoms with E-state index in [0.29, 0.717) is 6.42 Å². The van der Waals surface area contributed by atoms with Crippen molar-refractivity contribution >= 4 is 11.7 Å². The molecule has 5 nitrogen and oxygen atoms in total. The van der Waals surface area contributed by atoms with Gasteiger partial charge in [-0.3, -0.25) is 4.99 Å². The number of esters is 1. The summed E-state index contributed by atoms with van der Waals surface area (Å²) in [5, 5.41) is 0. The van der Waals surface area contributed by atoms with Crippen LogP contribution < -0.4 is 0 Å². The molecule has 0 aliphatic heterocycles. The second-order valence-corrected chi connectivity index (χ2v) is 5.53. The number of nitrogens with one attached hydrogen (secondary N) is 1. The van der Waals surface area contributed by atoms with Gasteiger partial charge in [0.1, 0.15) is 0 Å². The summed E-state index contributed by atoms with van der Waals surface area (Å²) in [5.74, 6) is -0.376. The molecule has 0 saturated heterocycles. The second kappa shape index (κ2) is 8.06. The Morgan fingerprint density at radius 3 is 2.16 bits per heavy atom. The van der Waals surface area contributed by atoms with Gasteiger partial charge in [-0.25, -0.2) is 9.78 Å². The van der Waals surface area contributed by atoms with E-state index in [1.165, 1.54) is 7.11 Å². The maximum absolute atomic E-state index is 12.3. The average Bonchev–Trinajstić information content (AvgIpc) is 3.19. The van der Waals surface area contributed by atoms with Gasteiger partial charge < -0.3 is 9.72 Å². The Kier molecular flexibility index (Phi) is 5.36. The van der Waals surface area contributed by atoms with Crippen LogP contribution in [0.3, 0.4) is 0 Å². The molecule has 0 spiro atoms. The van der Waals surface area contributed by atoms with Crippen molar-refractivity contribution in [1.29, 1.82) is 0 Å². The summed E-state index contributed by atoms with van der Waals surface area (Å²) in [4.78, 5) is 24.0. The molecule has 0 aliphatic carbocycles. The fourth-order valence-electron chi connectivity index (χ4n) is 2.59. The van der Waals surface area contributed by atoms with Crippen LogP contribution in [0.4, 0.5) is 0 Å². The topological polar surface area (TPSA) is 67.3 Å². The van der Waals surface area contributed by atoms with Crippen LogP contribution in [-0.4, -0.2) is 34.8 Å². The van der Waals surface area contributed by atoms with Crippen molar-refractivity contribution in [1.82, 2.24) is 9.97 Å². The van der Waals surface area contributed by atoms with Crippen LogP contribution >= 0.6 is 0 Å². The lowest BCUT2D eigenvalue weighted by molar-refractivity contribution is -0.142. The molecule has 5 heteroatoms. The number of hydrogen-bond donors (Lipinski definition) is 1. The van der Waals surface area contributed by atoms with Gasteiger partial charge >= 0.3 is 5.97 Å². The first-order valence-electron chi connectivity index (χ1n) is 8.01. The third-order valence-corrected chi connectivity index (χ3v) is 3.82. The molecule has 1 N–H and O–H groups in total. The van der Waals surface area contributed by atoms with E-state index in [4.69, 9.17) is 9.73 Å². The number of carbonyl (C=O) groups excluding carboxylic acids is 1. The van der Waals surface area contributed by atoms with Crippen LogP contribution in [0.15, 0.2) is 78.2 Å². The molecule has 0 saturated carbocycles. The molecular weight excluding hydrogens is 314 g/mol. The van der Waals surface area contributed by atoms with Gasteiger partial charge in [-0.1, -0.05) is 60.7 Å². The first kappa shape index (κ1) is 16.6. The number of rotatable bonds is 6. The molecule has 2 aromatic carbocycles. The first-order chi connectivity index (χ1) is 12.3. The largest absolute Gasteiger partial charge is 0.467 e. The monoisotopic (exact) mass is 333 g/mol. The Labute approximate surface area is 146 Å². The van der Waals surface area contributed by atoms with Crippen molar-refractivity contribution in [3.05, 3.63) is 90.0 Å². The molecule has 0 bridgehead atoms. The van der Waals surface area contributed by atoms with Crippen LogP contribution in [0, 0.1) is 0 Å². The lowest BCUT2D eigenvalue weighted by atomic mass is 10.0. The van der Waals surface area contributed by atoms with Crippen molar-refractivity contribution in [2.75, 3.05) is 7.11 Å². The lowest BCUT2D eigenvalue weighted by Gasteiger charge is -2.14. The van der Waals surface area contributed by atoms with E-state index >= 15 is 0 Å². The zero-order valence-electron chi connectivity index (χ0n) is 13.9. The molecule has 1 heterocycles. The number of aliphatic imine (C=N–C) groups is 1. The third kappa shape index (κ3) is 4.20. The fraction of sp³-hybridized carbons (Fsp3) is 0.150. The van der Waals surface area contributed by atoms with Gasteiger partial charge in [-0.2, -0.15) is 0 Å². The summed E-state index contributed by atoms with van der Waals surface area (Å²) < 4.78 is 4.95. The predicted molar refractivity (Wildman–Crippen MR) is 96.6 cm³/mol. The Hall–Kier alpha value is -3.21. The van der Waals surface area contributed by atoms with Gasteiger partial charge in [-0.15, -0.1) is 0 Å². The molecule has 3 rings (SSSR count). The Morgan fingerprint density at radius 1 is 1.08 bits per heavy atom. The van der Waals surface area contributed by atoms with Crippen molar-refractivity contribution in [2.24, 2.45) is 4.99 Å². The van der Waals surface area contributed by atoms with E-state index < -0.39 is 6.04 Å². The van der Waals surface area contributed by atoms with Crippen LogP contribution in [0.2, 0.25) is 0 Å². The van der Waals surface area contributed by atoms with E-state index in [1.807, 2.05) is 60.7 Å². The number of aromatic nitrogens is 2. The van der Waals surface area contributed by atoms with Crippen molar-refractivity contribution < 1.29 is 9.53 Å². The minimum absolute atomic E-state index is 0.376. The molecular formula is C20H19N3O2. The molecule has 1 atom stereocenters. The molecule has 0 amide bonds. The molecule has 0 aliphatic rings. The van der Waals surface area contributed by atoms with E-state index in [2.05, 4.69) is 9.97 Å². The predicted octanol–water partition coefficient (Wildman–Crippen LogP) is 3.03. The van der Waals surface area contributed by atoms with Crippen LogP contribution in [0.25, 0.3) is 0 Å². The number of methoxy groups -OCH3 is 1. The van der Waals surface area contributed by atoms with E-state index in [9.17, 15) is 4.79 Å². The molecule has 0 unspecified atom stereocenters. The fourth-order valence-corrected chi connectivity index (χ4v) is 2.59. The quantitative estimate of drug-likeness (QED) is 0.557. The molecule has 1 aromatic heterocycles. The number of carbonyl (C=O) groups is 1. The first-order valence-corrected chi connectivity index (χ1v) is 8.01. The number of benzene rings is 2. The summed E-state index contributed by atoms with van der Waals surface area (Å²) in [7, 11) is 1.38. The summed E-state index contributed by atoms with van der Waals surface area (Å²) in [6.07, 6.45) is 3.68. The maximum Gasteiger partial charge on any atom is 0.331 e. The standard InChI is InChI=1S/C20H19N3O2/c1-25-20(24)18(12-17-13-21-14-22-17)23-19(15-8-4-2-5-9-15)16-10-6-3-7-11-16/h2-11,13-14,18H,12H2,1H3,(H,21,22)/t18-/m0/s1. The summed E-state index contributed by atoms with van der Waals surface area (Å²) in [6.45, 7) is 0. The summed E-state index contributed by atoms with van der Waals surface area (Å²) >= 11 is 0. The van der Waals surface area contributed by atoms with Crippen LogP contribution in [0.5, 0.6) is 0 Å². The van der Waals surface area contributed by atoms with Gasteiger partial charge in [0.05, 0.1) is 19.1 Å². The molecule has 0 fully saturated rings. The number of H-pyrrole nitrogens is 1. The van der Waals surface area contributed by atoms with Crippen molar-refractivity contribution in [3.63, 3.8) is 0 Å². The Bertz CT molecular complexity index is 786. The zero-order chi connectivity index (χ0) is 17.5. The average molecular weight is 333 g/mol. The molecule has 0 radical (unpaired) electrons. The van der Waals surface area contributed by atoms with Gasteiger partial charge in [0.25, 0.3) is 0 Å². The summed E-state index contributed by atoms with van der Waals surface area (Å²) in [6, 6.07) is 19.0. The highest BCUT2D eigenvalue weighted by Gasteiger charge is 2.21. The van der Waals surface area contributed by atoms with Gasteiger partial charge in [0.2, 0.25) is 0 Å². The van der Waals surface area contributed by atoms with E-state index in [-0.39, 0.29) is 5.97 Å². The Morgan fingerprint density at radius 2 is 1.68 bits per heavy atom. The van der Waals surface area contributed by atoms with E-state index in [0.717, 1.165) is 22.5 Å². The molecule has 25 heavy (non-hydrogen) atoms. The number of hydrogen-bond acceptors (Lipinski definition) is 4. The zero-order valence-corrected chi connectivity index (χ0v) is 13.9. The highest BCUT2D eigenvalue weighted by Crippen LogP contribution is 2.14. The minimum atomic E-state index is -0.652. The number of aromatic amines is 1. The van der Waals surface area contributed by atoms with Crippen molar-refractivity contribution in [3.8, 4) is 0 Å². The molecule has 126 valence electrons. The second-order valence-electron chi connectivity index (χ2n) is 5.53. The van der Waals surface area contributed by atoms with Crippen LogP contribution in [0.1, 0.15) is 16.8 Å². The smallest absolute Gasteiger partial charge is 0.331 e. The normalized spacial score (nSPS) is 11.6. The van der Waals surface area contributed by atoms with Gasteiger partial charge in [0, 0.05) is 29.4 Å². The highest BCUT2D eigenvalue weighted by molar-refractivity contribution is 6.13. The van der Waals surface area contributed by atoms with Crippen molar-refractivity contribution in [2.45, 2.75) is 12.5 Å². The highest BCUT2D eigenvalue weighted by atomic mass is 16.5. The SMILES string of the molecule is COC(=O)[C@H](Cc1cnc[nH]1)N=C(c1ccccc1)c1ccccc1. The van der Waals surface area contributed by atoms with Crippen LogP contribution in [-0.2, 0) is 16.0 Å². The summed E-state index contributed by atoms with van der Waals surface area (Å²) in [5.41, 5.74) is 3.50. The Balaban J connectivity index is 2.03. The lowest BCUT2D eigenvalue weighted by Crippen LogP contribution is -2.25. The number of ether oxygens (including phenoxy) is 1.